The molecule has 0 heterocycles. The molecule has 0 radical (unpaired) electrons. The van der Waals surface area contributed by atoms with Gasteiger partial charge in [-0.15, -0.1) is 0 Å². The number of nitrogens with one attached hydrogen (secondary N) is 1. The van der Waals surface area contributed by atoms with E-state index in [1.165, 1.54) is 24.3 Å². The van der Waals surface area contributed by atoms with Crippen LogP contribution in [0.3, 0.4) is 0 Å². The summed E-state index contributed by atoms with van der Waals surface area (Å²) in [7, 11) is -3.83. The number of nitro groups is 1. The van der Waals surface area contributed by atoms with E-state index >= 15 is 0 Å². The Labute approximate surface area is 133 Å². The van der Waals surface area contributed by atoms with E-state index in [0.29, 0.717) is 5.56 Å². The van der Waals surface area contributed by atoms with Gasteiger partial charge in [-0.3, -0.25) is 10.1 Å². The number of rotatable bonds is 5. The topological polar surface area (TPSA) is 102 Å². The maximum atomic E-state index is 12.3. The summed E-state index contributed by atoms with van der Waals surface area (Å²) in [5, 5.41) is 14.5. The summed E-state index contributed by atoms with van der Waals surface area (Å²) in [5.41, 5.74) is 1.45. The number of para-hydroxylation sites is 1. The molecule has 0 bridgehead atoms. The van der Waals surface area contributed by atoms with Crippen LogP contribution in [0.25, 0.3) is 0 Å². The monoisotopic (exact) mass is 333 g/mol. The highest BCUT2D eigenvalue weighted by molar-refractivity contribution is 7.89. The number of sulfonamides is 1. The van der Waals surface area contributed by atoms with Crippen molar-refractivity contribution in [1.82, 2.24) is 4.83 Å². The molecule has 1 N–H and O–H groups in total. The molecule has 0 aromatic heterocycles. The normalized spacial score (nSPS) is 11.6. The zero-order valence-electron chi connectivity index (χ0n) is 12.6. The van der Waals surface area contributed by atoms with Crippen LogP contribution in [-0.4, -0.2) is 19.6 Å². The molecule has 0 aliphatic carbocycles. The summed E-state index contributed by atoms with van der Waals surface area (Å²) < 4.78 is 24.5. The fourth-order valence-corrected chi connectivity index (χ4v) is 3.10. The largest absolute Gasteiger partial charge is 0.278 e. The van der Waals surface area contributed by atoms with Crippen LogP contribution in [0.4, 0.5) is 5.69 Å². The van der Waals surface area contributed by atoms with Crippen molar-refractivity contribution >= 4 is 21.9 Å². The molecule has 7 nitrogen and oxygen atoms in total. The van der Waals surface area contributed by atoms with Gasteiger partial charge in [-0.05, 0) is 37.1 Å². The maximum absolute atomic E-state index is 12.3. The lowest BCUT2D eigenvalue weighted by atomic mass is 10.2. The molecule has 2 rings (SSSR count). The molecule has 0 unspecified atom stereocenters. The van der Waals surface area contributed by atoms with Gasteiger partial charge in [0.1, 0.15) is 0 Å². The van der Waals surface area contributed by atoms with Gasteiger partial charge in [0.25, 0.3) is 15.7 Å². The second-order valence-corrected chi connectivity index (χ2v) is 6.57. The van der Waals surface area contributed by atoms with Crippen LogP contribution in [0, 0.1) is 24.0 Å². The van der Waals surface area contributed by atoms with Crippen molar-refractivity contribution in [2.45, 2.75) is 18.7 Å². The molecule has 0 saturated carbocycles. The van der Waals surface area contributed by atoms with Crippen LogP contribution in [0.5, 0.6) is 0 Å². The van der Waals surface area contributed by atoms with Crippen LogP contribution < -0.4 is 4.83 Å². The van der Waals surface area contributed by atoms with Gasteiger partial charge in [0.15, 0.2) is 0 Å². The van der Waals surface area contributed by atoms with E-state index in [-0.39, 0.29) is 16.1 Å². The van der Waals surface area contributed by atoms with Crippen molar-refractivity contribution in [2.24, 2.45) is 5.10 Å². The Bertz CT molecular complexity index is 876. The molecule has 2 aromatic rings. The van der Waals surface area contributed by atoms with Crippen LogP contribution in [0.1, 0.15) is 16.7 Å². The second-order valence-electron chi connectivity index (χ2n) is 4.94. The predicted molar refractivity (Wildman–Crippen MR) is 86.9 cm³/mol. The van der Waals surface area contributed by atoms with Crippen LogP contribution in [-0.2, 0) is 10.0 Å². The Morgan fingerprint density at radius 1 is 1.17 bits per heavy atom. The highest BCUT2D eigenvalue weighted by atomic mass is 32.2. The number of hydrazone groups is 1. The van der Waals surface area contributed by atoms with Gasteiger partial charge < -0.3 is 0 Å². The van der Waals surface area contributed by atoms with E-state index in [1.54, 1.807) is 26.0 Å². The third-order valence-electron chi connectivity index (χ3n) is 3.14. The minimum atomic E-state index is -3.83. The highest BCUT2D eigenvalue weighted by Gasteiger charge is 2.16. The Balaban J connectivity index is 2.26. The van der Waals surface area contributed by atoms with Gasteiger partial charge in [-0.1, -0.05) is 24.3 Å². The molecule has 0 amide bonds. The average Bonchev–Trinajstić information content (AvgIpc) is 2.49. The van der Waals surface area contributed by atoms with Crippen LogP contribution in [0.15, 0.2) is 52.5 Å². The number of nitro benzene ring substituents is 1. The number of aryl methyl sites for hydroxylation is 2. The van der Waals surface area contributed by atoms with Gasteiger partial charge in [-0.2, -0.15) is 13.5 Å². The molecule has 0 fully saturated rings. The summed E-state index contributed by atoms with van der Waals surface area (Å²) in [4.78, 5) is 12.5. The molecule has 23 heavy (non-hydrogen) atoms. The molecular formula is C15H15N3O4S. The summed E-state index contributed by atoms with van der Waals surface area (Å²) >= 11 is 0. The summed E-state index contributed by atoms with van der Waals surface area (Å²) in [6.07, 6.45) is 1.11. The number of benzene rings is 2. The standard InChI is InChI=1S/C15H15N3O4S/c1-11-7-8-12(2)15(9-11)23(21,22)17-16-10-13-5-3-4-6-14(13)18(19)20/h3-10,17H,1-2H3/b16-10+. The molecule has 0 spiro atoms. The smallest absolute Gasteiger partial charge is 0.258 e. The fourth-order valence-electron chi connectivity index (χ4n) is 1.97. The van der Waals surface area contributed by atoms with Gasteiger partial charge in [0.05, 0.1) is 21.6 Å². The minimum Gasteiger partial charge on any atom is -0.258 e. The third-order valence-corrected chi connectivity index (χ3v) is 4.51. The molecule has 0 saturated heterocycles. The maximum Gasteiger partial charge on any atom is 0.278 e. The van der Waals surface area contributed by atoms with Gasteiger partial charge in [0.2, 0.25) is 0 Å². The Hall–Kier alpha value is -2.74. The summed E-state index contributed by atoms with van der Waals surface area (Å²) in [5.74, 6) is 0. The third kappa shape index (κ3) is 3.92. The van der Waals surface area contributed by atoms with Crippen LogP contribution in [0.2, 0.25) is 0 Å². The van der Waals surface area contributed by atoms with E-state index < -0.39 is 14.9 Å². The number of hydrogen-bond acceptors (Lipinski definition) is 5. The van der Waals surface area contributed by atoms with Crippen molar-refractivity contribution in [2.75, 3.05) is 0 Å². The quantitative estimate of drug-likeness (QED) is 0.516. The van der Waals surface area contributed by atoms with E-state index in [1.807, 2.05) is 6.07 Å². The highest BCUT2D eigenvalue weighted by Crippen LogP contribution is 2.17. The first-order valence-corrected chi connectivity index (χ1v) is 8.15. The molecule has 120 valence electrons. The number of hydrogen-bond donors (Lipinski definition) is 1. The summed E-state index contributed by atoms with van der Waals surface area (Å²) in [6, 6.07) is 11.0. The van der Waals surface area contributed by atoms with Crippen molar-refractivity contribution in [3.8, 4) is 0 Å². The molecule has 0 aliphatic rings. The lowest BCUT2D eigenvalue weighted by Gasteiger charge is -2.07. The molecule has 2 aromatic carbocycles. The zero-order valence-corrected chi connectivity index (χ0v) is 13.4. The first-order valence-electron chi connectivity index (χ1n) is 6.67. The first-order chi connectivity index (χ1) is 10.8. The van der Waals surface area contributed by atoms with Crippen molar-refractivity contribution < 1.29 is 13.3 Å². The van der Waals surface area contributed by atoms with E-state index in [9.17, 15) is 18.5 Å². The average molecular weight is 333 g/mol. The van der Waals surface area contributed by atoms with E-state index in [2.05, 4.69) is 9.93 Å². The van der Waals surface area contributed by atoms with Crippen LogP contribution >= 0.6 is 0 Å². The van der Waals surface area contributed by atoms with Crippen molar-refractivity contribution in [1.29, 1.82) is 0 Å². The molecule has 0 aliphatic heterocycles. The van der Waals surface area contributed by atoms with E-state index in [4.69, 9.17) is 0 Å². The fraction of sp³-hybridized carbons (Fsp3) is 0.133. The van der Waals surface area contributed by atoms with E-state index in [0.717, 1.165) is 11.8 Å². The Morgan fingerprint density at radius 3 is 2.57 bits per heavy atom. The lowest BCUT2D eigenvalue weighted by Crippen LogP contribution is -2.19. The van der Waals surface area contributed by atoms with Crippen molar-refractivity contribution in [3.05, 3.63) is 69.3 Å². The van der Waals surface area contributed by atoms with Gasteiger partial charge in [0, 0.05) is 6.07 Å². The molecular weight excluding hydrogens is 318 g/mol. The summed E-state index contributed by atoms with van der Waals surface area (Å²) in [6.45, 7) is 3.47. The Morgan fingerprint density at radius 2 is 1.87 bits per heavy atom. The SMILES string of the molecule is Cc1ccc(C)c(S(=O)(=O)N/N=C/c2ccccc2[N+](=O)[O-])c1. The Kier molecular flexibility index (Phi) is 4.75. The first kappa shape index (κ1) is 16.6. The number of nitrogens with zero attached hydrogens (tertiary/aromatic N) is 2. The minimum absolute atomic E-state index is 0.122. The second kappa shape index (κ2) is 6.57. The molecule has 0 atom stereocenters. The van der Waals surface area contributed by atoms with Gasteiger partial charge in [-0.25, -0.2) is 4.83 Å². The lowest BCUT2D eigenvalue weighted by molar-refractivity contribution is -0.385. The molecule has 8 heteroatoms. The van der Waals surface area contributed by atoms with Gasteiger partial charge >= 0.3 is 0 Å². The zero-order chi connectivity index (χ0) is 17.0. The van der Waals surface area contributed by atoms with Crippen molar-refractivity contribution in [3.63, 3.8) is 0 Å². The predicted octanol–water partition coefficient (Wildman–Crippen LogP) is 2.52.